The quantitative estimate of drug-likeness (QED) is 0.324. The van der Waals surface area contributed by atoms with E-state index >= 15 is 0 Å². The Bertz CT molecular complexity index is 1330. The van der Waals surface area contributed by atoms with E-state index in [1.54, 1.807) is 40.6 Å². The zero-order valence-electron chi connectivity index (χ0n) is 22.4. The van der Waals surface area contributed by atoms with Crippen LogP contribution in [0.25, 0.3) is 10.2 Å². The minimum atomic E-state index is -3.60. The fraction of sp³-hybridized carbons (Fsp3) is 0.481. The summed E-state index contributed by atoms with van der Waals surface area (Å²) in [6, 6.07) is 12.0. The molecule has 4 rings (SSSR count). The zero-order chi connectivity index (χ0) is 26.6. The van der Waals surface area contributed by atoms with Gasteiger partial charge in [-0.3, -0.25) is 9.69 Å². The number of fused-ring (bicyclic) bond motifs is 1. The van der Waals surface area contributed by atoms with Gasteiger partial charge in [0.1, 0.15) is 5.75 Å². The van der Waals surface area contributed by atoms with Crippen LogP contribution < -0.4 is 9.64 Å². The van der Waals surface area contributed by atoms with Crippen LogP contribution in [0.2, 0.25) is 0 Å². The molecule has 0 aliphatic carbocycles. The SMILES string of the molecule is CCN(CC)CCN(C(=O)c1ccc(S(=O)(=O)N2CCCCC2C)cc1)c1nc2ccc(OC)cc2s1.Cl. The number of carbonyl (C=O) groups excluding carboxylic acids is 1. The summed E-state index contributed by atoms with van der Waals surface area (Å²) in [5, 5.41) is 0.610. The Labute approximate surface area is 236 Å². The van der Waals surface area contributed by atoms with Crippen molar-refractivity contribution in [3.8, 4) is 5.75 Å². The van der Waals surface area contributed by atoms with Crippen LogP contribution in [0.3, 0.4) is 0 Å². The molecule has 0 radical (unpaired) electrons. The number of piperidine rings is 1. The summed E-state index contributed by atoms with van der Waals surface area (Å²) in [4.78, 5) is 22.7. The van der Waals surface area contributed by atoms with Gasteiger partial charge in [-0.15, -0.1) is 12.4 Å². The van der Waals surface area contributed by atoms with E-state index in [4.69, 9.17) is 9.72 Å². The molecule has 0 saturated carbocycles. The summed E-state index contributed by atoms with van der Waals surface area (Å²) < 4.78 is 34.3. The van der Waals surface area contributed by atoms with Crippen LogP contribution in [0, 0.1) is 0 Å². The molecule has 1 saturated heterocycles. The van der Waals surface area contributed by atoms with E-state index in [0.29, 0.717) is 30.3 Å². The Balaban J connectivity index is 0.00000400. The first-order chi connectivity index (χ1) is 17.8. The van der Waals surface area contributed by atoms with Crippen molar-refractivity contribution in [1.29, 1.82) is 0 Å². The van der Waals surface area contributed by atoms with Gasteiger partial charge in [0.2, 0.25) is 10.0 Å². The van der Waals surface area contributed by atoms with Crippen molar-refractivity contribution in [2.75, 3.05) is 44.7 Å². The molecule has 1 aromatic heterocycles. The van der Waals surface area contributed by atoms with Gasteiger partial charge < -0.3 is 9.64 Å². The smallest absolute Gasteiger partial charge is 0.260 e. The summed E-state index contributed by atoms with van der Waals surface area (Å²) >= 11 is 1.44. The van der Waals surface area contributed by atoms with E-state index in [1.807, 2.05) is 25.1 Å². The van der Waals surface area contributed by atoms with E-state index in [2.05, 4.69) is 18.7 Å². The lowest BCUT2D eigenvalue weighted by atomic mass is 10.1. The molecule has 2 heterocycles. The number of anilines is 1. The molecule has 1 unspecified atom stereocenters. The predicted octanol–water partition coefficient (Wildman–Crippen LogP) is 5.28. The number of methoxy groups -OCH3 is 1. The molecule has 0 spiro atoms. The number of carbonyl (C=O) groups is 1. The van der Waals surface area contributed by atoms with Gasteiger partial charge in [0.05, 0.1) is 22.2 Å². The first-order valence-corrected chi connectivity index (χ1v) is 15.1. The van der Waals surface area contributed by atoms with Crippen molar-refractivity contribution in [1.82, 2.24) is 14.2 Å². The highest BCUT2D eigenvalue weighted by Crippen LogP contribution is 2.32. The second-order valence-corrected chi connectivity index (χ2v) is 12.2. The molecule has 1 fully saturated rings. The Hall–Kier alpha value is -2.24. The van der Waals surface area contributed by atoms with Gasteiger partial charge in [-0.05, 0) is 75.3 Å². The molecule has 3 aromatic rings. The summed E-state index contributed by atoms with van der Waals surface area (Å²) in [5.74, 6) is 0.539. The number of benzene rings is 2. The number of sulfonamides is 1. The summed E-state index contributed by atoms with van der Waals surface area (Å²) in [5.41, 5.74) is 1.24. The van der Waals surface area contributed by atoms with Crippen molar-refractivity contribution in [3.63, 3.8) is 0 Å². The first-order valence-electron chi connectivity index (χ1n) is 12.9. The summed E-state index contributed by atoms with van der Waals surface area (Å²) in [6.07, 6.45) is 2.78. The fourth-order valence-electron chi connectivity index (χ4n) is 4.69. The Morgan fingerprint density at radius 2 is 1.82 bits per heavy atom. The van der Waals surface area contributed by atoms with Gasteiger partial charge in [0.25, 0.3) is 5.91 Å². The standard InChI is InChI=1S/C27H36N4O4S2.ClH/c1-5-29(6-2)17-18-30(27-28-24-15-12-22(35-4)19-25(24)36-27)26(32)21-10-13-23(14-11-21)37(33,34)31-16-8-7-9-20(31)3;/h10-15,19-20H,5-9,16-18H2,1-4H3;1H. The van der Waals surface area contributed by atoms with Crippen molar-refractivity contribution in [2.24, 2.45) is 0 Å². The second kappa shape index (κ2) is 13.2. The van der Waals surface area contributed by atoms with Gasteiger partial charge in [0, 0.05) is 31.2 Å². The molecule has 1 atom stereocenters. The normalized spacial score (nSPS) is 16.4. The van der Waals surface area contributed by atoms with Gasteiger partial charge in [0.15, 0.2) is 5.13 Å². The van der Waals surface area contributed by atoms with Crippen molar-refractivity contribution in [2.45, 2.75) is 51.0 Å². The summed E-state index contributed by atoms with van der Waals surface area (Å²) in [6.45, 7) is 9.64. The maximum atomic E-state index is 13.7. The number of likely N-dealkylation sites (N-methyl/N-ethyl adjacent to an activating group) is 1. The van der Waals surface area contributed by atoms with E-state index in [9.17, 15) is 13.2 Å². The highest BCUT2D eigenvalue weighted by Gasteiger charge is 2.31. The van der Waals surface area contributed by atoms with Gasteiger partial charge in [-0.1, -0.05) is 31.6 Å². The fourth-order valence-corrected chi connectivity index (χ4v) is 7.41. The largest absolute Gasteiger partial charge is 0.497 e. The molecule has 0 bridgehead atoms. The number of ether oxygens (including phenoxy) is 1. The minimum Gasteiger partial charge on any atom is -0.497 e. The average Bonchev–Trinajstić information content (AvgIpc) is 3.34. The lowest BCUT2D eigenvalue weighted by molar-refractivity contribution is 0.0983. The Morgan fingerprint density at radius 3 is 2.45 bits per heavy atom. The van der Waals surface area contributed by atoms with Gasteiger partial charge in [-0.25, -0.2) is 13.4 Å². The predicted molar refractivity (Wildman–Crippen MR) is 157 cm³/mol. The van der Waals surface area contributed by atoms with E-state index in [-0.39, 0.29) is 29.3 Å². The van der Waals surface area contributed by atoms with Crippen molar-refractivity contribution < 1.29 is 17.9 Å². The molecule has 8 nitrogen and oxygen atoms in total. The molecular formula is C27H37ClN4O4S2. The lowest BCUT2D eigenvalue weighted by Crippen LogP contribution is -2.42. The van der Waals surface area contributed by atoms with Crippen LogP contribution in [0.15, 0.2) is 47.4 Å². The van der Waals surface area contributed by atoms with Crippen molar-refractivity contribution >= 4 is 55.0 Å². The van der Waals surface area contributed by atoms with E-state index in [1.165, 1.54) is 11.3 Å². The summed E-state index contributed by atoms with van der Waals surface area (Å²) in [7, 11) is -1.97. The van der Waals surface area contributed by atoms with Gasteiger partial charge in [-0.2, -0.15) is 4.31 Å². The molecular weight excluding hydrogens is 544 g/mol. The monoisotopic (exact) mass is 580 g/mol. The molecule has 11 heteroatoms. The van der Waals surface area contributed by atoms with Crippen LogP contribution in [-0.2, 0) is 10.0 Å². The lowest BCUT2D eigenvalue weighted by Gasteiger charge is -2.32. The van der Waals surface area contributed by atoms with Crippen LogP contribution in [0.4, 0.5) is 5.13 Å². The molecule has 2 aromatic carbocycles. The van der Waals surface area contributed by atoms with Crippen molar-refractivity contribution in [3.05, 3.63) is 48.0 Å². The number of nitrogens with zero attached hydrogens (tertiary/aromatic N) is 4. The van der Waals surface area contributed by atoms with E-state index < -0.39 is 10.0 Å². The molecule has 1 aliphatic rings. The van der Waals surface area contributed by atoms with Crippen LogP contribution >= 0.6 is 23.7 Å². The minimum absolute atomic E-state index is 0. The average molecular weight is 581 g/mol. The van der Waals surface area contributed by atoms with Gasteiger partial charge >= 0.3 is 0 Å². The third-order valence-corrected chi connectivity index (χ3v) is 10.1. The molecule has 208 valence electrons. The number of hydrogen-bond acceptors (Lipinski definition) is 7. The zero-order valence-corrected chi connectivity index (χ0v) is 24.9. The topological polar surface area (TPSA) is 83.1 Å². The Morgan fingerprint density at radius 1 is 1.11 bits per heavy atom. The number of halogens is 1. The molecule has 38 heavy (non-hydrogen) atoms. The number of thiazole rings is 1. The molecule has 1 aliphatic heterocycles. The second-order valence-electron chi connectivity index (χ2n) is 9.30. The van der Waals surface area contributed by atoms with E-state index in [0.717, 1.165) is 48.3 Å². The number of amides is 1. The molecule has 1 amide bonds. The van der Waals surface area contributed by atoms with Crippen LogP contribution in [-0.4, -0.2) is 74.4 Å². The highest BCUT2D eigenvalue weighted by molar-refractivity contribution is 7.89. The number of rotatable bonds is 10. The number of hydrogen-bond donors (Lipinski definition) is 0. The maximum Gasteiger partial charge on any atom is 0.260 e. The highest BCUT2D eigenvalue weighted by atomic mass is 35.5. The Kier molecular flexibility index (Phi) is 10.5. The maximum absolute atomic E-state index is 13.7. The number of aromatic nitrogens is 1. The first kappa shape index (κ1) is 30.3. The third kappa shape index (κ3) is 6.48. The molecule has 0 N–H and O–H groups in total. The third-order valence-electron chi connectivity index (χ3n) is 7.04. The van der Waals surface area contributed by atoms with Crippen LogP contribution in [0.5, 0.6) is 5.75 Å². The van der Waals surface area contributed by atoms with Crippen LogP contribution in [0.1, 0.15) is 50.4 Å².